The van der Waals surface area contributed by atoms with Crippen molar-refractivity contribution in [1.82, 2.24) is 19.5 Å². The Morgan fingerprint density at radius 2 is 1.28 bits per heavy atom. The van der Waals surface area contributed by atoms with E-state index >= 15 is 4.39 Å². The molecule has 1 fully saturated rings. The largest absolute Gasteiger partial charge is 0.497 e. The van der Waals surface area contributed by atoms with Crippen LogP contribution in [0.15, 0.2) is 157 Å². The molecule has 0 spiro atoms. The first-order chi connectivity index (χ1) is 31.9. The number of methoxy groups -OCH3 is 1. The molecular weight excluding hydrogens is 897 g/mol. The minimum Gasteiger partial charge on any atom is -0.497 e. The van der Waals surface area contributed by atoms with Crippen molar-refractivity contribution in [2.24, 2.45) is 0 Å². The van der Waals surface area contributed by atoms with Crippen molar-refractivity contribution < 1.29 is 22.7 Å². The zero-order valence-corrected chi connectivity index (χ0v) is 42.5. The predicted molar refractivity (Wildman–Crippen MR) is 272 cm³/mol. The number of aromatic nitrogens is 4. The highest BCUT2D eigenvalue weighted by molar-refractivity contribution is 6.99. The number of hydrogen-bond acceptors (Lipinski definition) is 8. The Hall–Kier alpha value is -5.42. The average Bonchev–Trinajstić information content (AvgIpc) is 3.87. The molecule has 7 aromatic rings. The van der Waals surface area contributed by atoms with E-state index in [0.29, 0.717) is 5.75 Å². The van der Waals surface area contributed by atoms with Crippen LogP contribution in [0.1, 0.15) is 64.5 Å². The molecule has 0 amide bonds. The van der Waals surface area contributed by atoms with Crippen molar-refractivity contribution in [3.8, 4) is 5.75 Å². The number of anilines is 1. The van der Waals surface area contributed by atoms with Gasteiger partial charge in [-0.2, -0.15) is 4.98 Å². The molecule has 5 aromatic carbocycles. The summed E-state index contributed by atoms with van der Waals surface area (Å²) in [6.07, 6.45) is -2.88. The number of aromatic amines is 1. The lowest BCUT2D eigenvalue weighted by atomic mass is 9.77. The second-order valence-electron chi connectivity index (χ2n) is 20.0. The van der Waals surface area contributed by atoms with E-state index in [1.54, 1.807) is 7.11 Å². The van der Waals surface area contributed by atoms with Gasteiger partial charge in [0.1, 0.15) is 23.0 Å². The van der Waals surface area contributed by atoms with Gasteiger partial charge in [-0.3, -0.25) is 14.3 Å². The molecule has 0 radical (unpaired) electrons. The van der Waals surface area contributed by atoms with Crippen LogP contribution in [0.5, 0.6) is 5.75 Å². The summed E-state index contributed by atoms with van der Waals surface area (Å²) < 4.78 is 46.8. The van der Waals surface area contributed by atoms with Gasteiger partial charge in [-0.25, -0.2) is 9.37 Å². The van der Waals surface area contributed by atoms with E-state index in [-0.39, 0.29) is 39.7 Å². The van der Waals surface area contributed by atoms with Gasteiger partial charge in [0.05, 0.1) is 25.9 Å². The fraction of sp³-hybridized carbons (Fsp3) is 0.340. The molecule has 1 saturated heterocycles. The SMILES string of the molecule is COc1ccc(C(Nc2nc3c(ncn3[C@@H]3O[C@](CCl)(CO[Si](c4ccccc4)(c4ccccc4)C(C)(C)C)[C@@H](O[Si](C)(C)C(C)(C)C)[C@@H]3F)c(=O)[nH]2)(c2ccccc2)c2ccccc2)cc1. The lowest BCUT2D eigenvalue weighted by Crippen LogP contribution is -2.68. The van der Waals surface area contributed by atoms with Gasteiger partial charge in [0.15, 0.2) is 31.9 Å². The Labute approximate surface area is 400 Å². The van der Waals surface area contributed by atoms with Gasteiger partial charge in [-0.05, 0) is 62.4 Å². The summed E-state index contributed by atoms with van der Waals surface area (Å²) in [5.41, 5.74) is -0.341. The first-order valence-electron chi connectivity index (χ1n) is 22.7. The van der Waals surface area contributed by atoms with Crippen molar-refractivity contribution >= 4 is 55.7 Å². The van der Waals surface area contributed by atoms with Crippen molar-refractivity contribution in [2.75, 3.05) is 24.9 Å². The van der Waals surface area contributed by atoms with Crippen molar-refractivity contribution in [1.29, 1.82) is 0 Å². The van der Waals surface area contributed by atoms with Crippen LogP contribution in [0, 0.1) is 0 Å². The molecule has 4 atom stereocenters. The number of ether oxygens (including phenoxy) is 2. The van der Waals surface area contributed by atoms with Crippen LogP contribution in [-0.4, -0.2) is 73.6 Å². The molecule has 0 bridgehead atoms. The van der Waals surface area contributed by atoms with Gasteiger partial charge in [0, 0.05) is 0 Å². The van der Waals surface area contributed by atoms with Crippen LogP contribution >= 0.6 is 11.6 Å². The zero-order chi connectivity index (χ0) is 47.8. The topological polar surface area (TPSA) is 113 Å². The van der Waals surface area contributed by atoms with Gasteiger partial charge >= 0.3 is 0 Å². The number of fused-ring (bicyclic) bond motifs is 1. The van der Waals surface area contributed by atoms with Crippen LogP contribution in [0.25, 0.3) is 11.2 Å². The fourth-order valence-corrected chi connectivity index (χ4v) is 15.5. The van der Waals surface area contributed by atoms with Gasteiger partial charge in [-0.15, -0.1) is 11.6 Å². The molecule has 10 nitrogen and oxygen atoms in total. The molecule has 14 heteroatoms. The van der Waals surface area contributed by atoms with Crippen LogP contribution in [0.4, 0.5) is 10.3 Å². The fourth-order valence-electron chi connectivity index (χ4n) is 9.23. The number of imidazole rings is 1. The van der Waals surface area contributed by atoms with Gasteiger partial charge in [0.25, 0.3) is 13.9 Å². The summed E-state index contributed by atoms with van der Waals surface area (Å²) in [6, 6.07) is 48.2. The lowest BCUT2D eigenvalue weighted by Gasteiger charge is -2.47. The maximum absolute atomic E-state index is 18.1. The first-order valence-corrected chi connectivity index (χ1v) is 28.1. The van der Waals surface area contributed by atoms with Crippen molar-refractivity contribution in [3.05, 3.63) is 179 Å². The first kappa shape index (κ1) is 48.1. The number of nitrogens with zero attached hydrogens (tertiary/aromatic N) is 3. The summed E-state index contributed by atoms with van der Waals surface area (Å²) in [7, 11) is -4.27. The molecule has 350 valence electrons. The summed E-state index contributed by atoms with van der Waals surface area (Å²) >= 11 is 7.13. The third-order valence-corrected chi connectivity index (χ3v) is 23.7. The number of hydrogen-bond donors (Lipinski definition) is 2. The smallest absolute Gasteiger partial charge is 0.280 e. The standard InChI is InChI=1S/C53H61ClFN5O5Si2/c1-50(2,3)66(8,9)65-45-43(55)48(64-52(45,34-54)35-63-67(51(4,5)6,41-26-18-12-19-27-41)42-28-20-13-21-29-42)60-36-56-44-46(60)57-49(58-47(44)61)59-53(37-22-14-10-15-23-37,38-24-16-11-17-25-38)39-30-32-40(62-7)33-31-39/h10-33,36,43,45,48H,34-35H2,1-9H3,(H2,57,58,59,61)/t43-,45-,48+,52+/m0/s1. The van der Waals surface area contributed by atoms with E-state index in [2.05, 4.69) is 94.2 Å². The molecule has 1 aliphatic rings. The maximum Gasteiger partial charge on any atom is 0.280 e. The Kier molecular flexibility index (Phi) is 13.3. The molecule has 0 aliphatic carbocycles. The van der Waals surface area contributed by atoms with Gasteiger partial charge in [-0.1, -0.05) is 175 Å². The van der Waals surface area contributed by atoms with E-state index in [1.807, 2.05) is 121 Å². The van der Waals surface area contributed by atoms with Crippen LogP contribution in [-0.2, 0) is 19.1 Å². The molecule has 0 unspecified atom stereocenters. The van der Waals surface area contributed by atoms with Gasteiger partial charge < -0.3 is 23.6 Å². The Bertz CT molecular complexity index is 2740. The normalized spacial score (nSPS) is 19.4. The molecule has 2 N–H and O–H groups in total. The number of alkyl halides is 2. The van der Waals surface area contributed by atoms with Crippen LogP contribution < -0.4 is 26.0 Å². The van der Waals surface area contributed by atoms with Gasteiger partial charge in [0.2, 0.25) is 5.95 Å². The third-order valence-electron chi connectivity index (χ3n) is 13.8. The minimum absolute atomic E-state index is 0.0182. The van der Waals surface area contributed by atoms with E-state index in [9.17, 15) is 4.79 Å². The van der Waals surface area contributed by atoms with E-state index < -0.39 is 51.8 Å². The molecule has 8 rings (SSSR count). The Balaban J connectivity index is 1.26. The number of rotatable bonds is 15. The molecular formula is C53H61ClFN5O5Si2. The van der Waals surface area contributed by atoms with Crippen LogP contribution in [0.3, 0.4) is 0 Å². The number of H-pyrrole nitrogens is 1. The summed E-state index contributed by atoms with van der Waals surface area (Å²) in [6.45, 7) is 17.0. The Morgan fingerprint density at radius 1 is 0.776 bits per heavy atom. The number of benzene rings is 5. The van der Waals surface area contributed by atoms with E-state index in [1.165, 1.54) is 10.9 Å². The zero-order valence-electron chi connectivity index (χ0n) is 39.7. The maximum atomic E-state index is 18.1. The summed E-state index contributed by atoms with van der Waals surface area (Å²) in [5, 5.41) is 5.11. The van der Waals surface area contributed by atoms with Crippen molar-refractivity contribution in [3.63, 3.8) is 0 Å². The highest BCUT2D eigenvalue weighted by Gasteiger charge is 2.62. The second-order valence-corrected chi connectivity index (χ2v) is 29.3. The predicted octanol–water partition coefficient (Wildman–Crippen LogP) is 10.3. The highest BCUT2D eigenvalue weighted by Crippen LogP contribution is 2.49. The summed E-state index contributed by atoms with van der Waals surface area (Å²) in [5.74, 6) is 0.672. The van der Waals surface area contributed by atoms with Crippen molar-refractivity contribution in [2.45, 2.75) is 94.4 Å². The molecule has 1 aliphatic heterocycles. The molecule has 0 saturated carbocycles. The van der Waals surface area contributed by atoms with E-state index in [4.69, 9.17) is 34.9 Å². The monoisotopic (exact) mass is 957 g/mol. The third kappa shape index (κ3) is 8.70. The average molecular weight is 959 g/mol. The molecule has 3 heterocycles. The summed E-state index contributed by atoms with van der Waals surface area (Å²) in [4.78, 5) is 26.7. The molecule has 67 heavy (non-hydrogen) atoms. The quantitative estimate of drug-likeness (QED) is 0.0594. The number of nitrogens with one attached hydrogen (secondary N) is 2. The highest BCUT2D eigenvalue weighted by atomic mass is 35.5. The minimum atomic E-state index is -3.18. The molecule has 2 aromatic heterocycles. The lowest BCUT2D eigenvalue weighted by molar-refractivity contribution is -0.107. The van der Waals surface area contributed by atoms with Crippen LogP contribution in [0.2, 0.25) is 23.2 Å². The second kappa shape index (κ2) is 18.6. The van der Waals surface area contributed by atoms with E-state index in [0.717, 1.165) is 27.1 Å². The Morgan fingerprint density at radius 3 is 1.76 bits per heavy atom. The number of halogens is 2.